The summed E-state index contributed by atoms with van der Waals surface area (Å²) in [5.41, 5.74) is 1.40. The summed E-state index contributed by atoms with van der Waals surface area (Å²) in [5, 5.41) is 0. The minimum atomic E-state index is 0.714. The van der Waals surface area contributed by atoms with Crippen LogP contribution in [-0.4, -0.2) is 9.97 Å². The molecule has 3 rings (SSSR count). The van der Waals surface area contributed by atoms with Gasteiger partial charge in [-0.25, -0.2) is 9.97 Å². The average molecular weight is 371 g/mol. The Kier molecular flexibility index (Phi) is 8.61. The van der Waals surface area contributed by atoms with Crippen LogP contribution in [0.2, 0.25) is 0 Å². The molecule has 152 valence electrons. The first-order valence-electron chi connectivity index (χ1n) is 12.1. The average Bonchev–Trinajstić information content (AvgIpc) is 2.74. The molecule has 1 aromatic heterocycles. The van der Waals surface area contributed by atoms with Crippen LogP contribution in [0.3, 0.4) is 0 Å². The van der Waals surface area contributed by atoms with Crippen LogP contribution in [-0.2, 0) is 6.42 Å². The van der Waals surface area contributed by atoms with Gasteiger partial charge in [0.15, 0.2) is 0 Å². The summed E-state index contributed by atoms with van der Waals surface area (Å²) in [5.74, 6) is 4.68. The highest BCUT2D eigenvalue weighted by Crippen LogP contribution is 2.37. The Bertz CT molecular complexity index is 508. The number of unbranched alkanes of at least 4 members (excludes halogenated alkanes) is 2. The van der Waals surface area contributed by atoms with Crippen molar-refractivity contribution in [3.63, 3.8) is 0 Å². The van der Waals surface area contributed by atoms with Gasteiger partial charge >= 0.3 is 0 Å². The van der Waals surface area contributed by atoms with Gasteiger partial charge in [0.2, 0.25) is 0 Å². The molecule has 2 saturated carbocycles. The van der Waals surface area contributed by atoms with Gasteiger partial charge in [-0.15, -0.1) is 0 Å². The van der Waals surface area contributed by atoms with Crippen molar-refractivity contribution in [1.29, 1.82) is 0 Å². The van der Waals surface area contributed by atoms with Crippen LogP contribution in [0.15, 0.2) is 12.4 Å². The number of aromatic nitrogens is 2. The normalized spacial score (nSPS) is 29.0. The first kappa shape index (κ1) is 20.8. The molecule has 2 aliphatic carbocycles. The van der Waals surface area contributed by atoms with E-state index in [-0.39, 0.29) is 0 Å². The fraction of sp³-hybridized carbons (Fsp3) is 0.840. The summed E-state index contributed by atoms with van der Waals surface area (Å²) in [7, 11) is 0. The fourth-order valence-corrected chi connectivity index (χ4v) is 5.43. The van der Waals surface area contributed by atoms with E-state index < -0.39 is 0 Å². The zero-order chi connectivity index (χ0) is 18.9. The van der Waals surface area contributed by atoms with Crippen molar-refractivity contribution in [2.24, 2.45) is 17.8 Å². The van der Waals surface area contributed by atoms with Crippen molar-refractivity contribution < 1.29 is 0 Å². The van der Waals surface area contributed by atoms with E-state index in [2.05, 4.69) is 26.2 Å². The Labute approximate surface area is 168 Å². The van der Waals surface area contributed by atoms with Crippen LogP contribution in [0.1, 0.15) is 121 Å². The number of aryl methyl sites for hydroxylation is 1. The standard InChI is InChI=1S/C25H42N2/c1-3-5-6-7-21-12-15-23(16-13-21)24-18-26-25(27-19-24)17-14-22-10-8-20(4-2)9-11-22/h18-23H,3-17H2,1-2H3/t20-,21-,22-,23-. The molecule has 0 atom stereocenters. The van der Waals surface area contributed by atoms with Gasteiger partial charge in [-0.05, 0) is 61.3 Å². The lowest BCUT2D eigenvalue weighted by Crippen LogP contribution is -2.15. The van der Waals surface area contributed by atoms with Crippen LogP contribution in [0.5, 0.6) is 0 Å². The minimum Gasteiger partial charge on any atom is -0.241 e. The first-order chi connectivity index (χ1) is 13.3. The van der Waals surface area contributed by atoms with Crippen molar-refractivity contribution in [2.75, 3.05) is 0 Å². The maximum absolute atomic E-state index is 4.74. The molecule has 0 aromatic carbocycles. The summed E-state index contributed by atoms with van der Waals surface area (Å²) in [6.07, 6.45) is 25.0. The lowest BCUT2D eigenvalue weighted by molar-refractivity contribution is 0.258. The van der Waals surface area contributed by atoms with Gasteiger partial charge in [0.25, 0.3) is 0 Å². The van der Waals surface area contributed by atoms with Crippen LogP contribution in [0.4, 0.5) is 0 Å². The summed E-state index contributed by atoms with van der Waals surface area (Å²) in [4.78, 5) is 9.48. The van der Waals surface area contributed by atoms with E-state index in [1.807, 2.05) is 0 Å². The molecule has 0 aliphatic heterocycles. The monoisotopic (exact) mass is 370 g/mol. The van der Waals surface area contributed by atoms with Crippen LogP contribution in [0, 0.1) is 17.8 Å². The van der Waals surface area contributed by atoms with Gasteiger partial charge < -0.3 is 0 Å². The van der Waals surface area contributed by atoms with E-state index >= 15 is 0 Å². The fourth-order valence-electron chi connectivity index (χ4n) is 5.43. The zero-order valence-corrected chi connectivity index (χ0v) is 18.0. The summed E-state index contributed by atoms with van der Waals surface area (Å²) in [6.45, 7) is 4.65. The summed E-state index contributed by atoms with van der Waals surface area (Å²) in [6, 6.07) is 0. The zero-order valence-electron chi connectivity index (χ0n) is 18.0. The molecule has 2 aliphatic rings. The molecule has 0 saturated heterocycles. The van der Waals surface area contributed by atoms with Gasteiger partial charge in [-0.1, -0.05) is 71.6 Å². The third-order valence-electron chi connectivity index (χ3n) is 7.58. The number of nitrogens with zero attached hydrogens (tertiary/aromatic N) is 2. The quantitative estimate of drug-likeness (QED) is 0.421. The van der Waals surface area contributed by atoms with Gasteiger partial charge in [0, 0.05) is 18.8 Å². The predicted octanol–water partition coefficient (Wildman–Crippen LogP) is 7.48. The predicted molar refractivity (Wildman–Crippen MR) is 115 cm³/mol. The molecule has 2 heteroatoms. The molecule has 2 nitrogen and oxygen atoms in total. The maximum Gasteiger partial charge on any atom is 0.128 e. The lowest BCUT2D eigenvalue weighted by Gasteiger charge is -2.28. The molecule has 0 radical (unpaired) electrons. The van der Waals surface area contributed by atoms with Crippen LogP contribution < -0.4 is 0 Å². The lowest BCUT2D eigenvalue weighted by atomic mass is 9.77. The largest absolute Gasteiger partial charge is 0.241 e. The molecule has 2 fully saturated rings. The molecule has 0 unspecified atom stereocenters. The number of rotatable bonds is 9. The van der Waals surface area contributed by atoms with Gasteiger partial charge in [0.1, 0.15) is 5.82 Å². The second kappa shape index (κ2) is 11.2. The molecule has 27 heavy (non-hydrogen) atoms. The van der Waals surface area contributed by atoms with Gasteiger partial charge in [-0.2, -0.15) is 0 Å². The highest BCUT2D eigenvalue weighted by molar-refractivity contribution is 5.13. The molecule has 1 aromatic rings. The molecule has 0 spiro atoms. The molecular formula is C25H42N2. The SMILES string of the molecule is CCCCC[C@H]1CC[C@H](c2cnc(CC[C@H]3CC[C@H](CC)CC3)nc2)CC1. The van der Waals surface area contributed by atoms with Crippen molar-refractivity contribution in [1.82, 2.24) is 9.97 Å². The van der Waals surface area contributed by atoms with Crippen LogP contribution >= 0.6 is 0 Å². The number of hydrogen-bond donors (Lipinski definition) is 0. The second-order valence-corrected chi connectivity index (χ2v) is 9.48. The Balaban J connectivity index is 1.38. The van der Waals surface area contributed by atoms with E-state index in [1.165, 1.54) is 95.5 Å². The first-order valence-corrected chi connectivity index (χ1v) is 12.1. The smallest absolute Gasteiger partial charge is 0.128 e. The van der Waals surface area contributed by atoms with Crippen LogP contribution in [0.25, 0.3) is 0 Å². The topological polar surface area (TPSA) is 25.8 Å². The molecule has 0 amide bonds. The third kappa shape index (κ3) is 6.57. The second-order valence-electron chi connectivity index (χ2n) is 9.48. The summed E-state index contributed by atoms with van der Waals surface area (Å²) >= 11 is 0. The highest BCUT2D eigenvalue weighted by Gasteiger charge is 2.23. The number of hydrogen-bond acceptors (Lipinski definition) is 2. The Morgan fingerprint density at radius 3 is 1.96 bits per heavy atom. The Morgan fingerprint density at radius 1 is 0.741 bits per heavy atom. The van der Waals surface area contributed by atoms with Crippen molar-refractivity contribution in [3.05, 3.63) is 23.8 Å². The van der Waals surface area contributed by atoms with Gasteiger partial charge in [-0.3, -0.25) is 0 Å². The summed E-state index contributed by atoms with van der Waals surface area (Å²) < 4.78 is 0. The van der Waals surface area contributed by atoms with Gasteiger partial charge in [0.05, 0.1) is 0 Å². The minimum absolute atomic E-state index is 0.714. The van der Waals surface area contributed by atoms with E-state index in [9.17, 15) is 0 Å². The van der Waals surface area contributed by atoms with E-state index in [0.717, 1.165) is 30.0 Å². The third-order valence-corrected chi connectivity index (χ3v) is 7.58. The van der Waals surface area contributed by atoms with E-state index in [1.54, 1.807) is 0 Å². The van der Waals surface area contributed by atoms with E-state index in [4.69, 9.17) is 9.97 Å². The molecule has 0 bridgehead atoms. The van der Waals surface area contributed by atoms with Crippen molar-refractivity contribution in [2.45, 2.75) is 116 Å². The Morgan fingerprint density at radius 2 is 1.33 bits per heavy atom. The van der Waals surface area contributed by atoms with E-state index in [0.29, 0.717) is 5.92 Å². The Hall–Kier alpha value is -0.920. The molecule has 0 N–H and O–H groups in total. The van der Waals surface area contributed by atoms with Crippen molar-refractivity contribution in [3.8, 4) is 0 Å². The highest BCUT2D eigenvalue weighted by atomic mass is 14.9. The molecular weight excluding hydrogens is 328 g/mol. The maximum atomic E-state index is 4.74. The molecule has 1 heterocycles. The van der Waals surface area contributed by atoms with Crippen molar-refractivity contribution >= 4 is 0 Å².